The van der Waals surface area contributed by atoms with Crippen molar-refractivity contribution in [3.8, 4) is 11.5 Å². The van der Waals surface area contributed by atoms with Crippen molar-refractivity contribution in [3.05, 3.63) is 23.8 Å². The van der Waals surface area contributed by atoms with Crippen molar-refractivity contribution in [2.24, 2.45) is 0 Å². The number of nitrogens with zero attached hydrogens (tertiary/aromatic N) is 2. The Bertz CT molecular complexity index is 690. The molecule has 1 aromatic rings. The molecule has 0 radical (unpaired) electrons. The average Bonchev–Trinajstić information content (AvgIpc) is 2.87. The Labute approximate surface area is 143 Å². The van der Waals surface area contributed by atoms with Crippen LogP contribution in [0.5, 0.6) is 11.5 Å². The number of rotatable bonds is 5. The molecule has 7 nitrogen and oxygen atoms in total. The Balaban J connectivity index is 2.13. The molecular weight excluding hydrogens is 332 g/mol. The number of carbonyl (C=O) groups is 1. The Morgan fingerprint density at radius 1 is 1.08 bits per heavy atom. The zero-order valence-corrected chi connectivity index (χ0v) is 15.1. The molecule has 0 saturated carbocycles. The highest BCUT2D eigenvalue weighted by atomic mass is 32.2. The maximum atomic E-state index is 12.7. The second-order valence-corrected chi connectivity index (χ2v) is 7.77. The molecule has 0 spiro atoms. The van der Waals surface area contributed by atoms with Gasteiger partial charge in [0.15, 0.2) is 11.5 Å². The van der Waals surface area contributed by atoms with Crippen LogP contribution in [-0.2, 0) is 10.0 Å². The smallest absolute Gasteiger partial charge is 0.254 e. The maximum Gasteiger partial charge on any atom is 0.254 e. The van der Waals surface area contributed by atoms with Crippen molar-refractivity contribution in [1.82, 2.24) is 9.21 Å². The lowest BCUT2D eigenvalue weighted by Crippen LogP contribution is -2.37. The molecule has 0 aliphatic carbocycles. The Kier molecular flexibility index (Phi) is 6.06. The van der Waals surface area contributed by atoms with Crippen LogP contribution in [0.25, 0.3) is 0 Å². The van der Waals surface area contributed by atoms with Crippen molar-refractivity contribution < 1.29 is 22.7 Å². The summed E-state index contributed by atoms with van der Waals surface area (Å²) in [6.07, 6.45) is 0.623. The van der Waals surface area contributed by atoms with E-state index in [1.54, 1.807) is 30.0 Å². The summed E-state index contributed by atoms with van der Waals surface area (Å²) >= 11 is 0. The Hall–Kier alpha value is -1.80. The number of sulfonamides is 1. The SMILES string of the molecule is CCS(=O)(=O)N1CCCN(C(=O)c2ccc(OC)c(OC)c2)CC1. The molecule has 1 amide bonds. The van der Waals surface area contributed by atoms with Gasteiger partial charge in [-0.3, -0.25) is 4.79 Å². The molecule has 24 heavy (non-hydrogen) atoms. The van der Waals surface area contributed by atoms with Crippen LogP contribution >= 0.6 is 0 Å². The Morgan fingerprint density at radius 2 is 1.79 bits per heavy atom. The minimum atomic E-state index is -3.22. The lowest BCUT2D eigenvalue weighted by Gasteiger charge is -2.22. The van der Waals surface area contributed by atoms with Gasteiger partial charge in [-0.2, -0.15) is 0 Å². The van der Waals surface area contributed by atoms with Crippen molar-refractivity contribution >= 4 is 15.9 Å². The zero-order valence-electron chi connectivity index (χ0n) is 14.3. The molecule has 1 saturated heterocycles. The second-order valence-electron chi connectivity index (χ2n) is 5.52. The minimum absolute atomic E-state index is 0.0800. The van der Waals surface area contributed by atoms with Crippen LogP contribution in [0.15, 0.2) is 18.2 Å². The molecule has 1 aliphatic rings. The van der Waals surface area contributed by atoms with Gasteiger partial charge in [0.1, 0.15) is 0 Å². The second kappa shape index (κ2) is 7.85. The largest absolute Gasteiger partial charge is 0.493 e. The Morgan fingerprint density at radius 3 is 2.42 bits per heavy atom. The van der Waals surface area contributed by atoms with Crippen molar-refractivity contribution in [2.75, 3.05) is 46.2 Å². The summed E-state index contributed by atoms with van der Waals surface area (Å²) in [5, 5.41) is 0. The summed E-state index contributed by atoms with van der Waals surface area (Å²) in [5.74, 6) is 1.00. The fourth-order valence-electron chi connectivity index (χ4n) is 2.71. The molecule has 1 aromatic carbocycles. The molecule has 0 bridgehead atoms. The van der Waals surface area contributed by atoms with Gasteiger partial charge >= 0.3 is 0 Å². The van der Waals surface area contributed by atoms with E-state index in [9.17, 15) is 13.2 Å². The fourth-order valence-corrected chi connectivity index (χ4v) is 3.84. The first kappa shape index (κ1) is 18.5. The first-order valence-corrected chi connectivity index (χ1v) is 9.53. The van der Waals surface area contributed by atoms with E-state index in [-0.39, 0.29) is 11.7 Å². The van der Waals surface area contributed by atoms with Gasteiger partial charge in [0.2, 0.25) is 10.0 Å². The highest BCUT2D eigenvalue weighted by Gasteiger charge is 2.26. The summed E-state index contributed by atoms with van der Waals surface area (Å²) < 4.78 is 35.9. The van der Waals surface area contributed by atoms with Gasteiger partial charge in [-0.1, -0.05) is 0 Å². The molecule has 1 fully saturated rings. The molecule has 134 valence electrons. The van der Waals surface area contributed by atoms with Gasteiger partial charge in [-0.05, 0) is 31.5 Å². The summed E-state index contributed by atoms with van der Waals surface area (Å²) in [7, 11) is -0.161. The molecule has 2 rings (SSSR count). The summed E-state index contributed by atoms with van der Waals surface area (Å²) in [6.45, 7) is 3.32. The van der Waals surface area contributed by atoms with Gasteiger partial charge in [-0.25, -0.2) is 12.7 Å². The number of ether oxygens (including phenoxy) is 2. The van der Waals surface area contributed by atoms with Crippen LogP contribution in [0.4, 0.5) is 0 Å². The zero-order chi connectivity index (χ0) is 17.7. The molecule has 1 aliphatic heterocycles. The standard InChI is InChI=1S/C16H24N2O5S/c1-4-24(20,21)18-9-5-8-17(10-11-18)16(19)13-6-7-14(22-2)15(12-13)23-3/h6-7,12H,4-5,8-11H2,1-3H3. The predicted octanol–water partition coefficient (Wildman–Crippen LogP) is 1.20. The van der Waals surface area contributed by atoms with Crippen molar-refractivity contribution in [1.29, 1.82) is 0 Å². The molecule has 0 aromatic heterocycles. The van der Waals surface area contributed by atoms with Crippen LogP contribution in [0.2, 0.25) is 0 Å². The average molecular weight is 356 g/mol. The number of hydrogen-bond acceptors (Lipinski definition) is 5. The molecular formula is C16H24N2O5S. The fraction of sp³-hybridized carbons (Fsp3) is 0.562. The maximum absolute atomic E-state index is 12.7. The number of hydrogen-bond donors (Lipinski definition) is 0. The highest BCUT2D eigenvalue weighted by Crippen LogP contribution is 2.28. The number of methoxy groups -OCH3 is 2. The van der Waals surface area contributed by atoms with E-state index >= 15 is 0 Å². The first-order valence-electron chi connectivity index (χ1n) is 7.92. The van der Waals surface area contributed by atoms with E-state index in [1.165, 1.54) is 18.5 Å². The normalized spacial score (nSPS) is 16.5. The van der Waals surface area contributed by atoms with E-state index < -0.39 is 10.0 Å². The molecule has 8 heteroatoms. The number of benzene rings is 1. The first-order chi connectivity index (χ1) is 11.4. The third-order valence-corrected chi connectivity index (χ3v) is 6.01. The van der Waals surface area contributed by atoms with Crippen LogP contribution < -0.4 is 9.47 Å². The predicted molar refractivity (Wildman–Crippen MR) is 91.1 cm³/mol. The minimum Gasteiger partial charge on any atom is -0.493 e. The molecule has 0 N–H and O–H groups in total. The topological polar surface area (TPSA) is 76.2 Å². The van der Waals surface area contributed by atoms with Crippen LogP contribution in [0.3, 0.4) is 0 Å². The van der Waals surface area contributed by atoms with Crippen molar-refractivity contribution in [3.63, 3.8) is 0 Å². The quantitative estimate of drug-likeness (QED) is 0.792. The third-order valence-electron chi connectivity index (χ3n) is 4.13. The van der Waals surface area contributed by atoms with E-state index in [4.69, 9.17) is 9.47 Å². The summed E-state index contributed by atoms with van der Waals surface area (Å²) in [5.41, 5.74) is 0.499. The molecule has 0 unspecified atom stereocenters. The van der Waals surface area contributed by atoms with Crippen LogP contribution in [0.1, 0.15) is 23.7 Å². The lowest BCUT2D eigenvalue weighted by atomic mass is 10.1. The van der Waals surface area contributed by atoms with Crippen LogP contribution in [0, 0.1) is 0 Å². The van der Waals surface area contributed by atoms with Gasteiger partial charge in [0, 0.05) is 31.7 Å². The number of carbonyl (C=O) groups excluding carboxylic acids is 1. The van der Waals surface area contributed by atoms with Gasteiger partial charge in [0.05, 0.1) is 20.0 Å². The van der Waals surface area contributed by atoms with Gasteiger partial charge < -0.3 is 14.4 Å². The molecule has 0 atom stereocenters. The molecule has 1 heterocycles. The van der Waals surface area contributed by atoms with E-state index in [2.05, 4.69) is 0 Å². The van der Waals surface area contributed by atoms with Gasteiger partial charge in [-0.15, -0.1) is 0 Å². The van der Waals surface area contributed by atoms with Crippen molar-refractivity contribution in [2.45, 2.75) is 13.3 Å². The lowest BCUT2D eigenvalue weighted by molar-refractivity contribution is 0.0764. The third kappa shape index (κ3) is 3.99. The summed E-state index contributed by atoms with van der Waals surface area (Å²) in [4.78, 5) is 14.4. The van der Waals surface area contributed by atoms with Gasteiger partial charge in [0.25, 0.3) is 5.91 Å². The number of amides is 1. The van der Waals surface area contributed by atoms with E-state index in [0.29, 0.717) is 49.7 Å². The highest BCUT2D eigenvalue weighted by molar-refractivity contribution is 7.89. The van der Waals surface area contributed by atoms with E-state index in [0.717, 1.165) is 0 Å². The monoisotopic (exact) mass is 356 g/mol. The van der Waals surface area contributed by atoms with E-state index in [1.807, 2.05) is 0 Å². The van der Waals surface area contributed by atoms with Crippen LogP contribution in [-0.4, -0.2) is 69.7 Å². The summed E-state index contributed by atoms with van der Waals surface area (Å²) in [6, 6.07) is 5.03.